The second-order valence-electron chi connectivity index (χ2n) is 7.30. The normalized spacial score (nSPS) is 28.5. The van der Waals surface area contributed by atoms with E-state index in [0.717, 1.165) is 19.4 Å². The molecule has 0 aromatic carbocycles. The Morgan fingerprint density at radius 2 is 1.86 bits per heavy atom. The summed E-state index contributed by atoms with van der Waals surface area (Å²) in [6.07, 6.45) is 4.47. The second kappa shape index (κ2) is 7.23. The first-order valence-electron chi connectivity index (χ1n) is 8.18. The summed E-state index contributed by atoms with van der Waals surface area (Å²) in [6, 6.07) is 1.48. The first-order valence-corrected chi connectivity index (χ1v) is 9.34. The van der Waals surface area contributed by atoms with Crippen LogP contribution in [-0.2, 0) is 4.74 Å². The number of nitrogens with one attached hydrogen (secondary N) is 1. The zero-order valence-corrected chi connectivity index (χ0v) is 14.7. The molecule has 4 nitrogen and oxygen atoms in total. The Kier molecular flexibility index (Phi) is 5.83. The number of piperidine rings is 1. The van der Waals surface area contributed by atoms with Crippen LogP contribution < -0.4 is 5.32 Å². The molecule has 0 bridgehead atoms. The molecule has 5 heteroatoms. The Hall–Kier alpha value is -0.420. The SMILES string of the molecule is CC1CC(NC2CCSCC2)CCN1C(=O)OC(C)(C)C. The molecule has 2 saturated heterocycles. The standard InChI is InChI=1S/C16H30N2O2S/c1-12-11-14(17-13-6-9-21-10-7-13)5-8-18(12)15(19)20-16(2,3)4/h12-14,17H,5-11H2,1-4H3. The molecule has 1 N–H and O–H groups in total. The van der Waals surface area contributed by atoms with Crippen molar-refractivity contribution in [3.63, 3.8) is 0 Å². The molecule has 2 fully saturated rings. The smallest absolute Gasteiger partial charge is 0.410 e. The summed E-state index contributed by atoms with van der Waals surface area (Å²) in [5.41, 5.74) is -0.411. The zero-order chi connectivity index (χ0) is 15.5. The van der Waals surface area contributed by atoms with Crippen LogP contribution in [0.3, 0.4) is 0 Å². The lowest BCUT2D eigenvalue weighted by atomic mass is 9.97. The number of thioether (sulfide) groups is 1. The average molecular weight is 314 g/mol. The van der Waals surface area contributed by atoms with Crippen molar-refractivity contribution < 1.29 is 9.53 Å². The van der Waals surface area contributed by atoms with Crippen LogP contribution in [0.25, 0.3) is 0 Å². The number of hydrogen-bond acceptors (Lipinski definition) is 4. The third kappa shape index (κ3) is 5.37. The highest BCUT2D eigenvalue weighted by Crippen LogP contribution is 2.23. The van der Waals surface area contributed by atoms with Gasteiger partial charge < -0.3 is 15.0 Å². The van der Waals surface area contributed by atoms with Gasteiger partial charge in [-0.1, -0.05) is 0 Å². The fourth-order valence-electron chi connectivity index (χ4n) is 3.11. The van der Waals surface area contributed by atoms with Crippen LogP contribution in [-0.4, -0.2) is 52.8 Å². The maximum atomic E-state index is 12.2. The summed E-state index contributed by atoms with van der Waals surface area (Å²) in [6.45, 7) is 8.70. The maximum absolute atomic E-state index is 12.2. The average Bonchev–Trinajstić information content (AvgIpc) is 2.37. The van der Waals surface area contributed by atoms with E-state index >= 15 is 0 Å². The molecule has 2 atom stereocenters. The monoisotopic (exact) mass is 314 g/mol. The summed E-state index contributed by atoms with van der Waals surface area (Å²) >= 11 is 2.06. The molecule has 0 aromatic rings. The molecule has 2 aliphatic rings. The van der Waals surface area contributed by atoms with E-state index in [-0.39, 0.29) is 12.1 Å². The Morgan fingerprint density at radius 1 is 1.19 bits per heavy atom. The summed E-state index contributed by atoms with van der Waals surface area (Å²) < 4.78 is 5.50. The minimum absolute atomic E-state index is 0.164. The van der Waals surface area contributed by atoms with Gasteiger partial charge in [0, 0.05) is 24.7 Å². The minimum Gasteiger partial charge on any atom is -0.444 e. The predicted octanol–water partition coefficient (Wildman–Crippen LogP) is 3.26. The van der Waals surface area contributed by atoms with Crippen LogP contribution in [0, 0.1) is 0 Å². The van der Waals surface area contributed by atoms with Crippen LogP contribution in [0.5, 0.6) is 0 Å². The van der Waals surface area contributed by atoms with Crippen LogP contribution in [0.15, 0.2) is 0 Å². The maximum Gasteiger partial charge on any atom is 0.410 e. The highest BCUT2D eigenvalue weighted by molar-refractivity contribution is 7.99. The van der Waals surface area contributed by atoms with Gasteiger partial charge in [0.05, 0.1) is 0 Å². The molecule has 2 aliphatic heterocycles. The lowest BCUT2D eigenvalue weighted by Crippen LogP contribution is -2.53. The number of ether oxygens (including phenoxy) is 1. The summed E-state index contributed by atoms with van der Waals surface area (Å²) in [5, 5.41) is 3.80. The van der Waals surface area contributed by atoms with Gasteiger partial charge in [0.25, 0.3) is 0 Å². The Labute approximate surface area is 133 Å². The van der Waals surface area contributed by atoms with E-state index in [4.69, 9.17) is 4.74 Å². The number of likely N-dealkylation sites (tertiary alicyclic amines) is 1. The van der Waals surface area contributed by atoms with Gasteiger partial charge in [0.1, 0.15) is 5.60 Å². The van der Waals surface area contributed by atoms with Gasteiger partial charge in [-0.25, -0.2) is 4.79 Å². The van der Waals surface area contributed by atoms with Crippen LogP contribution >= 0.6 is 11.8 Å². The molecule has 2 unspecified atom stereocenters. The van der Waals surface area contributed by atoms with E-state index in [1.807, 2.05) is 25.7 Å². The summed E-state index contributed by atoms with van der Waals surface area (Å²) in [4.78, 5) is 14.1. The molecule has 0 aliphatic carbocycles. The molecule has 0 spiro atoms. The Bertz CT molecular complexity index is 351. The molecule has 0 radical (unpaired) electrons. The third-order valence-electron chi connectivity index (χ3n) is 4.20. The van der Waals surface area contributed by atoms with Crippen molar-refractivity contribution in [1.82, 2.24) is 10.2 Å². The van der Waals surface area contributed by atoms with Crippen molar-refractivity contribution in [1.29, 1.82) is 0 Å². The highest BCUT2D eigenvalue weighted by Gasteiger charge is 2.32. The van der Waals surface area contributed by atoms with Crippen LogP contribution in [0.2, 0.25) is 0 Å². The largest absolute Gasteiger partial charge is 0.444 e. The van der Waals surface area contributed by atoms with Crippen molar-refractivity contribution >= 4 is 17.9 Å². The molecular weight excluding hydrogens is 284 g/mol. The van der Waals surface area contributed by atoms with E-state index in [0.29, 0.717) is 12.1 Å². The zero-order valence-electron chi connectivity index (χ0n) is 13.9. The number of rotatable bonds is 2. The molecular formula is C16H30N2O2S. The molecule has 2 heterocycles. The van der Waals surface area contributed by atoms with E-state index in [1.165, 1.54) is 24.3 Å². The number of amides is 1. The van der Waals surface area contributed by atoms with Crippen LogP contribution in [0.4, 0.5) is 4.79 Å². The van der Waals surface area contributed by atoms with Crippen molar-refractivity contribution in [2.75, 3.05) is 18.1 Å². The van der Waals surface area contributed by atoms with E-state index < -0.39 is 5.60 Å². The number of carbonyl (C=O) groups excluding carboxylic acids is 1. The number of carbonyl (C=O) groups is 1. The lowest BCUT2D eigenvalue weighted by molar-refractivity contribution is 0.00895. The van der Waals surface area contributed by atoms with Gasteiger partial charge in [0.15, 0.2) is 0 Å². The van der Waals surface area contributed by atoms with Gasteiger partial charge in [-0.05, 0) is 64.9 Å². The molecule has 0 saturated carbocycles. The highest BCUT2D eigenvalue weighted by atomic mass is 32.2. The molecule has 2 rings (SSSR count). The number of hydrogen-bond donors (Lipinski definition) is 1. The minimum atomic E-state index is -0.411. The second-order valence-corrected chi connectivity index (χ2v) is 8.52. The van der Waals surface area contributed by atoms with Gasteiger partial charge in [0.2, 0.25) is 0 Å². The van der Waals surface area contributed by atoms with Crippen molar-refractivity contribution in [3.8, 4) is 0 Å². The fourth-order valence-corrected chi connectivity index (χ4v) is 4.22. The topological polar surface area (TPSA) is 41.6 Å². The Balaban J connectivity index is 1.79. The van der Waals surface area contributed by atoms with Gasteiger partial charge in [-0.3, -0.25) is 0 Å². The quantitative estimate of drug-likeness (QED) is 0.849. The first-order chi connectivity index (χ1) is 9.85. The van der Waals surface area contributed by atoms with Gasteiger partial charge >= 0.3 is 6.09 Å². The van der Waals surface area contributed by atoms with E-state index in [2.05, 4.69) is 24.0 Å². The predicted molar refractivity (Wildman–Crippen MR) is 88.9 cm³/mol. The third-order valence-corrected chi connectivity index (χ3v) is 5.25. The summed E-state index contributed by atoms with van der Waals surface area (Å²) in [5.74, 6) is 2.56. The van der Waals surface area contributed by atoms with Gasteiger partial charge in [-0.2, -0.15) is 11.8 Å². The summed E-state index contributed by atoms with van der Waals surface area (Å²) in [7, 11) is 0. The molecule has 122 valence electrons. The fraction of sp³-hybridized carbons (Fsp3) is 0.938. The van der Waals surface area contributed by atoms with Crippen molar-refractivity contribution in [2.24, 2.45) is 0 Å². The number of nitrogens with zero attached hydrogens (tertiary/aromatic N) is 1. The first kappa shape index (κ1) is 16.9. The molecule has 0 aromatic heterocycles. The van der Waals surface area contributed by atoms with E-state index in [9.17, 15) is 4.79 Å². The lowest BCUT2D eigenvalue weighted by Gasteiger charge is -2.40. The van der Waals surface area contributed by atoms with Crippen molar-refractivity contribution in [2.45, 2.75) is 77.1 Å². The van der Waals surface area contributed by atoms with E-state index in [1.54, 1.807) is 0 Å². The van der Waals surface area contributed by atoms with Crippen LogP contribution in [0.1, 0.15) is 53.4 Å². The Morgan fingerprint density at radius 3 is 2.43 bits per heavy atom. The molecule has 21 heavy (non-hydrogen) atoms. The van der Waals surface area contributed by atoms with Gasteiger partial charge in [-0.15, -0.1) is 0 Å². The van der Waals surface area contributed by atoms with Crippen molar-refractivity contribution in [3.05, 3.63) is 0 Å². The molecule has 1 amide bonds.